The van der Waals surface area contributed by atoms with E-state index in [1.54, 1.807) is 16.7 Å². The molecule has 1 nitrogen and oxygen atoms in total. The smallest absolute Gasteiger partial charge is 0.0597 e. The molecule has 4 rings (SSSR count). The Hall–Kier alpha value is -0.820. The molecular formula is C30H48O. The van der Waals surface area contributed by atoms with Gasteiger partial charge in [0.05, 0.1) is 6.10 Å². The maximum Gasteiger partial charge on any atom is 0.0597 e. The fraction of sp³-hybridized carbons (Fsp3) is 0.800. The van der Waals surface area contributed by atoms with E-state index >= 15 is 0 Å². The fourth-order valence-corrected chi connectivity index (χ4v) is 8.72. The molecule has 4 aliphatic carbocycles. The molecule has 0 aromatic heterocycles. The molecule has 1 fully saturated rings. The Morgan fingerprint density at radius 3 is 2.55 bits per heavy atom. The molecule has 0 aromatic rings. The van der Waals surface area contributed by atoms with E-state index in [-0.39, 0.29) is 11.5 Å². The first-order valence-electron chi connectivity index (χ1n) is 13.3. The third kappa shape index (κ3) is 3.53. The molecule has 31 heavy (non-hydrogen) atoms. The average molecular weight is 425 g/mol. The molecule has 2 unspecified atom stereocenters. The van der Waals surface area contributed by atoms with Gasteiger partial charge in [-0.3, -0.25) is 0 Å². The van der Waals surface area contributed by atoms with Crippen LogP contribution in [0.4, 0.5) is 0 Å². The molecule has 0 spiro atoms. The van der Waals surface area contributed by atoms with E-state index in [9.17, 15) is 5.11 Å². The van der Waals surface area contributed by atoms with Crippen molar-refractivity contribution < 1.29 is 5.11 Å². The van der Waals surface area contributed by atoms with Crippen LogP contribution in [-0.2, 0) is 0 Å². The largest absolute Gasteiger partial charge is 0.393 e. The summed E-state index contributed by atoms with van der Waals surface area (Å²) in [5.41, 5.74) is 7.53. The third-order valence-corrected chi connectivity index (χ3v) is 10.9. The molecule has 0 heterocycles. The van der Waals surface area contributed by atoms with Gasteiger partial charge in [0, 0.05) is 0 Å². The van der Waals surface area contributed by atoms with Crippen molar-refractivity contribution in [1.82, 2.24) is 0 Å². The standard InChI is InChI=1S/C30H48O/c1-8-28(5)26-15-12-22-24-14-13-23(21(4)11-9-10-20(2)3)29(24,6)18-16-25(22)30(26,7)19-17-27(28)31/h10,14,21,23,26-27,31H,8-9,11-13,15-19H2,1-7H3/t21-,23-,26?,27?,28-,29-,30-/m1/s1. The van der Waals surface area contributed by atoms with Crippen LogP contribution in [0.3, 0.4) is 0 Å². The zero-order valence-corrected chi connectivity index (χ0v) is 21.5. The molecule has 0 saturated heterocycles. The molecule has 1 saturated carbocycles. The van der Waals surface area contributed by atoms with E-state index in [4.69, 9.17) is 0 Å². The van der Waals surface area contributed by atoms with Crippen LogP contribution in [0, 0.1) is 34.0 Å². The molecule has 0 amide bonds. The van der Waals surface area contributed by atoms with Gasteiger partial charge < -0.3 is 5.11 Å². The van der Waals surface area contributed by atoms with Crippen LogP contribution in [-0.4, -0.2) is 11.2 Å². The lowest BCUT2D eigenvalue weighted by molar-refractivity contribution is -0.103. The molecule has 0 aliphatic heterocycles. The Kier molecular flexibility index (Phi) is 6.17. The Balaban J connectivity index is 1.61. The van der Waals surface area contributed by atoms with Crippen LogP contribution < -0.4 is 0 Å². The lowest BCUT2D eigenvalue weighted by Crippen LogP contribution is -2.54. The van der Waals surface area contributed by atoms with Crippen molar-refractivity contribution in [2.45, 2.75) is 119 Å². The first-order valence-corrected chi connectivity index (χ1v) is 13.3. The summed E-state index contributed by atoms with van der Waals surface area (Å²) in [4.78, 5) is 0. The van der Waals surface area contributed by atoms with Crippen LogP contribution in [0.25, 0.3) is 0 Å². The fourth-order valence-electron chi connectivity index (χ4n) is 8.72. The monoisotopic (exact) mass is 424 g/mol. The highest BCUT2D eigenvalue weighted by molar-refractivity contribution is 5.49. The van der Waals surface area contributed by atoms with Crippen LogP contribution >= 0.6 is 0 Å². The lowest BCUT2D eigenvalue weighted by atomic mass is 9.45. The van der Waals surface area contributed by atoms with Gasteiger partial charge in [-0.2, -0.15) is 0 Å². The van der Waals surface area contributed by atoms with Crippen molar-refractivity contribution in [3.63, 3.8) is 0 Å². The quantitative estimate of drug-likeness (QED) is 0.439. The van der Waals surface area contributed by atoms with E-state index in [1.165, 1.54) is 56.9 Å². The van der Waals surface area contributed by atoms with Crippen LogP contribution in [0.5, 0.6) is 0 Å². The number of hydrogen-bond donors (Lipinski definition) is 1. The number of allylic oxidation sites excluding steroid dienone is 6. The molecule has 0 radical (unpaired) electrons. The topological polar surface area (TPSA) is 20.2 Å². The summed E-state index contributed by atoms with van der Waals surface area (Å²) in [6.45, 7) is 16.8. The Morgan fingerprint density at radius 1 is 1.13 bits per heavy atom. The normalized spacial score (nSPS) is 43.0. The maximum absolute atomic E-state index is 10.9. The molecule has 174 valence electrons. The SMILES string of the molecule is CC[C@@]1(C)C(O)CC[C@]2(C)C3=C(CCC12)C1=CC[C@H]([C@H](C)CCC=C(C)C)[C@@]1(C)CC3. The first-order chi connectivity index (χ1) is 14.6. The molecule has 4 aliphatic rings. The predicted octanol–water partition coefficient (Wildman–Crippen LogP) is 8.40. The zero-order chi connectivity index (χ0) is 22.6. The van der Waals surface area contributed by atoms with Crippen molar-refractivity contribution >= 4 is 0 Å². The molecule has 1 N–H and O–H groups in total. The van der Waals surface area contributed by atoms with E-state index in [2.05, 4.69) is 60.6 Å². The molecule has 1 heteroatoms. The second kappa shape index (κ2) is 8.19. The van der Waals surface area contributed by atoms with Crippen molar-refractivity contribution in [2.24, 2.45) is 34.0 Å². The Morgan fingerprint density at radius 2 is 1.87 bits per heavy atom. The number of rotatable bonds is 5. The Bertz CT molecular complexity index is 795. The van der Waals surface area contributed by atoms with Gasteiger partial charge >= 0.3 is 0 Å². The molecule has 0 aromatic carbocycles. The van der Waals surface area contributed by atoms with Crippen LogP contribution in [0.15, 0.2) is 34.4 Å². The summed E-state index contributed by atoms with van der Waals surface area (Å²) in [5.74, 6) is 2.23. The second-order valence-corrected chi connectivity index (χ2v) is 12.6. The van der Waals surface area contributed by atoms with E-state index in [0.29, 0.717) is 16.7 Å². The van der Waals surface area contributed by atoms with Crippen molar-refractivity contribution in [3.8, 4) is 0 Å². The maximum atomic E-state index is 10.9. The lowest BCUT2D eigenvalue weighted by Gasteiger charge is -2.60. The second-order valence-electron chi connectivity index (χ2n) is 12.6. The minimum absolute atomic E-state index is 0.0817. The van der Waals surface area contributed by atoms with Crippen molar-refractivity contribution in [1.29, 1.82) is 0 Å². The highest BCUT2D eigenvalue weighted by Gasteiger charge is 2.58. The highest BCUT2D eigenvalue weighted by Crippen LogP contribution is 2.67. The molecular weight excluding hydrogens is 376 g/mol. The van der Waals surface area contributed by atoms with Gasteiger partial charge in [-0.1, -0.05) is 57.9 Å². The van der Waals surface area contributed by atoms with Crippen molar-refractivity contribution in [2.75, 3.05) is 0 Å². The number of hydrogen-bond acceptors (Lipinski definition) is 1. The van der Waals surface area contributed by atoms with Gasteiger partial charge in [-0.05, 0) is 123 Å². The first kappa shape index (κ1) is 23.3. The average Bonchev–Trinajstić information content (AvgIpc) is 3.08. The van der Waals surface area contributed by atoms with Gasteiger partial charge in [-0.15, -0.1) is 0 Å². The van der Waals surface area contributed by atoms with E-state index in [1.807, 2.05) is 0 Å². The van der Waals surface area contributed by atoms with Crippen LogP contribution in [0.1, 0.15) is 113 Å². The summed E-state index contributed by atoms with van der Waals surface area (Å²) in [7, 11) is 0. The van der Waals surface area contributed by atoms with E-state index in [0.717, 1.165) is 24.7 Å². The van der Waals surface area contributed by atoms with Gasteiger partial charge in [0.2, 0.25) is 0 Å². The zero-order valence-electron chi connectivity index (χ0n) is 21.5. The van der Waals surface area contributed by atoms with Gasteiger partial charge in [-0.25, -0.2) is 0 Å². The number of fused-ring (bicyclic) bond motifs is 4. The summed E-state index contributed by atoms with van der Waals surface area (Å²) in [5, 5.41) is 10.9. The summed E-state index contributed by atoms with van der Waals surface area (Å²) in [6, 6.07) is 0. The van der Waals surface area contributed by atoms with Gasteiger partial charge in [0.25, 0.3) is 0 Å². The minimum Gasteiger partial charge on any atom is -0.393 e. The highest BCUT2D eigenvalue weighted by atomic mass is 16.3. The van der Waals surface area contributed by atoms with Crippen LogP contribution in [0.2, 0.25) is 0 Å². The summed E-state index contributed by atoms with van der Waals surface area (Å²) in [6.07, 6.45) is 17.2. The summed E-state index contributed by atoms with van der Waals surface area (Å²) < 4.78 is 0. The molecule has 7 atom stereocenters. The third-order valence-electron chi connectivity index (χ3n) is 10.9. The van der Waals surface area contributed by atoms with E-state index < -0.39 is 0 Å². The number of aliphatic hydroxyl groups excluding tert-OH is 1. The van der Waals surface area contributed by atoms with Crippen molar-refractivity contribution in [3.05, 3.63) is 34.4 Å². The minimum atomic E-state index is -0.122. The number of aliphatic hydroxyl groups is 1. The molecule has 0 bridgehead atoms. The van der Waals surface area contributed by atoms with Gasteiger partial charge in [0.15, 0.2) is 0 Å². The predicted molar refractivity (Wildman–Crippen MR) is 133 cm³/mol. The summed E-state index contributed by atoms with van der Waals surface area (Å²) >= 11 is 0. The Labute approximate surface area is 192 Å². The van der Waals surface area contributed by atoms with Gasteiger partial charge in [0.1, 0.15) is 0 Å².